The van der Waals surface area contributed by atoms with Crippen LogP contribution in [-0.2, 0) is 22.6 Å². The number of aromatic nitrogens is 2. The van der Waals surface area contributed by atoms with Crippen LogP contribution in [-0.4, -0.2) is 25.6 Å². The van der Waals surface area contributed by atoms with E-state index in [1.54, 1.807) is 18.7 Å². The number of rotatable bonds is 0. The van der Waals surface area contributed by atoms with Gasteiger partial charge in [0, 0.05) is 7.05 Å². The molecule has 1 N–H and O–H groups in total. The lowest BCUT2D eigenvalue weighted by molar-refractivity contribution is -0.114. The van der Waals surface area contributed by atoms with E-state index in [9.17, 15) is 9.00 Å². The lowest BCUT2D eigenvalue weighted by Gasteiger charge is -2.12. The minimum absolute atomic E-state index is 0.0337. The molecule has 2 rings (SSSR count). The van der Waals surface area contributed by atoms with E-state index in [2.05, 4.69) is 10.4 Å². The minimum atomic E-state index is -1.25. The average molecular weight is 199 g/mol. The van der Waals surface area contributed by atoms with Crippen molar-refractivity contribution in [3.05, 3.63) is 5.69 Å². The Kier molecular flexibility index (Phi) is 1.73. The summed E-state index contributed by atoms with van der Waals surface area (Å²) in [6.45, 7) is 1.78. The molecule has 5 nitrogen and oxygen atoms in total. The summed E-state index contributed by atoms with van der Waals surface area (Å²) in [6, 6.07) is 0. The van der Waals surface area contributed by atoms with E-state index < -0.39 is 10.8 Å². The monoisotopic (exact) mass is 199 g/mol. The maximum absolute atomic E-state index is 11.5. The van der Waals surface area contributed by atoms with E-state index in [0.29, 0.717) is 16.4 Å². The lowest BCUT2D eigenvalue weighted by Crippen LogP contribution is -2.26. The molecule has 6 heteroatoms. The van der Waals surface area contributed by atoms with Gasteiger partial charge in [-0.05, 0) is 6.92 Å². The Morgan fingerprint density at radius 3 is 3.00 bits per heavy atom. The quantitative estimate of drug-likeness (QED) is 0.628. The topological polar surface area (TPSA) is 64.0 Å². The van der Waals surface area contributed by atoms with Crippen molar-refractivity contribution in [2.24, 2.45) is 7.05 Å². The molecule has 1 aliphatic heterocycles. The van der Waals surface area contributed by atoms with Crippen LogP contribution in [0.25, 0.3) is 0 Å². The first kappa shape index (κ1) is 8.43. The molecular formula is C7H9N3O2S. The van der Waals surface area contributed by atoms with Crippen LogP contribution < -0.4 is 5.32 Å². The number of hydrogen-bond acceptors (Lipinski definition) is 3. The Morgan fingerprint density at radius 1 is 1.62 bits per heavy atom. The molecule has 13 heavy (non-hydrogen) atoms. The summed E-state index contributed by atoms with van der Waals surface area (Å²) in [6.07, 6.45) is 0. The largest absolute Gasteiger partial charge is 0.321 e. The summed E-state index contributed by atoms with van der Waals surface area (Å²) in [4.78, 5) is 11.1. The second kappa shape index (κ2) is 2.66. The highest BCUT2D eigenvalue weighted by Crippen LogP contribution is 2.26. The van der Waals surface area contributed by atoms with Gasteiger partial charge in [0.25, 0.3) is 0 Å². The molecule has 1 aromatic rings. The van der Waals surface area contributed by atoms with Crippen LogP contribution in [0, 0.1) is 6.92 Å². The molecule has 1 atom stereocenters. The number of aryl methyl sites for hydroxylation is 2. The fourth-order valence-corrected chi connectivity index (χ4v) is 2.61. The number of carbonyl (C=O) groups excluding carboxylic acids is 1. The van der Waals surface area contributed by atoms with Crippen LogP contribution in [0.3, 0.4) is 0 Å². The van der Waals surface area contributed by atoms with Gasteiger partial charge < -0.3 is 5.32 Å². The lowest BCUT2D eigenvalue weighted by atomic mass is 10.4. The van der Waals surface area contributed by atoms with Crippen molar-refractivity contribution < 1.29 is 9.00 Å². The normalized spacial score (nSPS) is 21.1. The zero-order valence-electron chi connectivity index (χ0n) is 7.33. The Labute approximate surface area is 77.6 Å². The number of carbonyl (C=O) groups is 1. The first-order valence-electron chi connectivity index (χ1n) is 3.81. The van der Waals surface area contributed by atoms with Crippen LogP contribution in [0.2, 0.25) is 0 Å². The summed E-state index contributed by atoms with van der Waals surface area (Å²) >= 11 is 0. The van der Waals surface area contributed by atoms with Crippen LogP contribution in [0.5, 0.6) is 0 Å². The van der Waals surface area contributed by atoms with Crippen molar-refractivity contribution in [2.45, 2.75) is 11.9 Å². The Hall–Kier alpha value is -1.17. The highest BCUT2D eigenvalue weighted by atomic mass is 32.2. The molecule has 1 aliphatic rings. The third-order valence-electron chi connectivity index (χ3n) is 1.91. The number of nitrogens with one attached hydrogen (secondary N) is 1. The second-order valence-corrected chi connectivity index (χ2v) is 4.29. The van der Waals surface area contributed by atoms with Gasteiger partial charge >= 0.3 is 0 Å². The van der Waals surface area contributed by atoms with Gasteiger partial charge in [0.2, 0.25) is 5.91 Å². The number of nitrogens with zero attached hydrogens (tertiary/aromatic N) is 2. The SMILES string of the molecule is Cc1nn(C)c2c1NC(=O)CS2=O. The number of amides is 1. The molecule has 0 aliphatic carbocycles. The van der Waals surface area contributed by atoms with Crippen molar-refractivity contribution in [3.63, 3.8) is 0 Å². The zero-order chi connectivity index (χ0) is 9.59. The summed E-state index contributed by atoms with van der Waals surface area (Å²) in [5.74, 6) is -0.173. The van der Waals surface area contributed by atoms with Crippen LogP contribution in [0.1, 0.15) is 5.69 Å². The van der Waals surface area contributed by atoms with Gasteiger partial charge in [-0.3, -0.25) is 13.7 Å². The average Bonchev–Trinajstić information content (AvgIpc) is 2.27. The molecule has 0 spiro atoms. The first-order chi connectivity index (χ1) is 6.09. The standard InChI is InChI=1S/C7H9N3O2S/c1-4-6-7(10(2)9-4)13(12)3-5(11)8-6/h3H2,1-2H3,(H,8,11). The molecule has 0 radical (unpaired) electrons. The van der Waals surface area contributed by atoms with Crippen molar-refractivity contribution in [1.82, 2.24) is 9.78 Å². The van der Waals surface area contributed by atoms with Crippen LogP contribution in [0.4, 0.5) is 5.69 Å². The maximum Gasteiger partial charge on any atom is 0.237 e. The number of hydrogen-bond donors (Lipinski definition) is 1. The van der Waals surface area contributed by atoms with Gasteiger partial charge in [-0.25, -0.2) is 0 Å². The van der Waals surface area contributed by atoms with Gasteiger partial charge in [0.15, 0.2) is 0 Å². The van der Waals surface area contributed by atoms with Gasteiger partial charge in [-0.1, -0.05) is 0 Å². The fraction of sp³-hybridized carbons (Fsp3) is 0.429. The fourth-order valence-electron chi connectivity index (χ4n) is 1.41. The molecule has 0 saturated heterocycles. The Bertz CT molecular complexity index is 410. The third kappa shape index (κ3) is 1.17. The molecule has 0 aromatic carbocycles. The van der Waals surface area contributed by atoms with Gasteiger partial charge in [0.05, 0.1) is 22.2 Å². The highest BCUT2D eigenvalue weighted by Gasteiger charge is 2.27. The zero-order valence-corrected chi connectivity index (χ0v) is 8.14. The smallest absolute Gasteiger partial charge is 0.237 e. The molecule has 1 aromatic heterocycles. The number of fused-ring (bicyclic) bond motifs is 1. The number of anilines is 1. The molecule has 0 bridgehead atoms. The van der Waals surface area contributed by atoms with Crippen LogP contribution >= 0.6 is 0 Å². The second-order valence-electron chi connectivity index (χ2n) is 2.93. The van der Waals surface area contributed by atoms with Gasteiger partial charge in [0.1, 0.15) is 10.8 Å². The molecule has 2 heterocycles. The van der Waals surface area contributed by atoms with Gasteiger partial charge in [-0.2, -0.15) is 5.10 Å². The first-order valence-corrected chi connectivity index (χ1v) is 5.13. The third-order valence-corrected chi connectivity index (χ3v) is 3.34. The van der Waals surface area contributed by atoms with E-state index in [-0.39, 0.29) is 11.7 Å². The van der Waals surface area contributed by atoms with Crippen molar-refractivity contribution >= 4 is 22.4 Å². The summed E-state index contributed by atoms with van der Waals surface area (Å²) in [5, 5.41) is 7.36. The minimum Gasteiger partial charge on any atom is -0.321 e. The summed E-state index contributed by atoms with van der Waals surface area (Å²) in [7, 11) is 0.476. The predicted octanol–water partition coefficient (Wildman–Crippen LogP) is -0.212. The molecule has 70 valence electrons. The molecular weight excluding hydrogens is 190 g/mol. The molecule has 0 fully saturated rings. The van der Waals surface area contributed by atoms with Crippen LogP contribution in [0.15, 0.2) is 5.03 Å². The summed E-state index contributed by atoms with van der Waals surface area (Å²) < 4.78 is 13.1. The van der Waals surface area contributed by atoms with Crippen molar-refractivity contribution in [2.75, 3.05) is 11.1 Å². The molecule has 1 unspecified atom stereocenters. The van der Waals surface area contributed by atoms with E-state index in [0.717, 1.165) is 0 Å². The van der Waals surface area contributed by atoms with E-state index in [1.807, 2.05) is 0 Å². The molecule has 0 saturated carbocycles. The van der Waals surface area contributed by atoms with E-state index in [1.165, 1.54) is 0 Å². The van der Waals surface area contributed by atoms with E-state index >= 15 is 0 Å². The highest BCUT2D eigenvalue weighted by molar-refractivity contribution is 7.86. The van der Waals surface area contributed by atoms with E-state index in [4.69, 9.17) is 0 Å². The Morgan fingerprint density at radius 2 is 2.31 bits per heavy atom. The van der Waals surface area contributed by atoms with Crippen molar-refractivity contribution in [3.8, 4) is 0 Å². The maximum atomic E-state index is 11.5. The Balaban J connectivity index is 2.64. The van der Waals surface area contributed by atoms with Crippen molar-refractivity contribution in [1.29, 1.82) is 0 Å². The van der Waals surface area contributed by atoms with Gasteiger partial charge in [-0.15, -0.1) is 0 Å². The predicted molar refractivity (Wildman–Crippen MR) is 47.9 cm³/mol. The summed E-state index contributed by atoms with van der Waals surface area (Å²) in [5.41, 5.74) is 1.32. The molecule has 1 amide bonds.